The molecule has 0 fully saturated rings. The molecule has 10 heteroatoms. The van der Waals surface area contributed by atoms with Crippen molar-refractivity contribution in [2.45, 2.75) is 22.6 Å². The van der Waals surface area contributed by atoms with Crippen molar-refractivity contribution < 1.29 is 26.0 Å². The molecule has 1 aliphatic rings. The van der Waals surface area contributed by atoms with Crippen molar-refractivity contribution in [3.8, 4) is 0 Å². The van der Waals surface area contributed by atoms with Gasteiger partial charge in [-0.25, -0.2) is 21.2 Å². The summed E-state index contributed by atoms with van der Waals surface area (Å²) in [6, 6.07) is 15.3. The van der Waals surface area contributed by atoms with Crippen molar-refractivity contribution >= 4 is 37.1 Å². The Morgan fingerprint density at radius 1 is 0.939 bits per heavy atom. The number of amides is 1. The third-order valence-electron chi connectivity index (χ3n) is 5.35. The van der Waals surface area contributed by atoms with Gasteiger partial charge in [-0.1, -0.05) is 12.1 Å². The van der Waals surface area contributed by atoms with Crippen molar-refractivity contribution in [3.05, 3.63) is 83.7 Å². The molecule has 3 aromatic rings. The van der Waals surface area contributed by atoms with Crippen LogP contribution in [0.5, 0.6) is 0 Å². The molecule has 0 unspecified atom stereocenters. The molecule has 0 radical (unpaired) electrons. The summed E-state index contributed by atoms with van der Waals surface area (Å²) < 4.78 is 64.5. The van der Waals surface area contributed by atoms with E-state index in [0.717, 1.165) is 24.0 Å². The van der Waals surface area contributed by atoms with E-state index in [1.165, 1.54) is 40.7 Å². The van der Waals surface area contributed by atoms with Gasteiger partial charge in [0, 0.05) is 24.1 Å². The maximum absolute atomic E-state index is 13.3. The fourth-order valence-corrected chi connectivity index (χ4v) is 5.87. The molecule has 4 rings (SSSR count). The second-order valence-corrected chi connectivity index (χ2v) is 11.6. The van der Waals surface area contributed by atoms with E-state index in [4.69, 9.17) is 0 Å². The van der Waals surface area contributed by atoms with Crippen LogP contribution in [0, 0.1) is 5.82 Å². The number of rotatable bonds is 5. The van der Waals surface area contributed by atoms with Gasteiger partial charge in [-0.05, 0) is 73.0 Å². The van der Waals surface area contributed by atoms with Gasteiger partial charge in [0.05, 0.1) is 15.5 Å². The van der Waals surface area contributed by atoms with Gasteiger partial charge in [0.2, 0.25) is 0 Å². The summed E-state index contributed by atoms with van der Waals surface area (Å²) in [7, 11) is -7.40. The zero-order chi connectivity index (χ0) is 23.8. The molecule has 0 atom stereocenters. The molecule has 0 saturated carbocycles. The van der Waals surface area contributed by atoms with Crippen LogP contribution in [0.1, 0.15) is 22.3 Å². The molecule has 172 valence electrons. The van der Waals surface area contributed by atoms with E-state index in [2.05, 4.69) is 5.32 Å². The lowest BCUT2D eigenvalue weighted by Crippen LogP contribution is -2.35. The van der Waals surface area contributed by atoms with Gasteiger partial charge in [0.15, 0.2) is 9.84 Å². The minimum Gasteiger partial charge on any atom is -0.322 e. The van der Waals surface area contributed by atoms with Crippen molar-refractivity contribution in [3.63, 3.8) is 0 Å². The van der Waals surface area contributed by atoms with Crippen LogP contribution >= 0.6 is 0 Å². The lowest BCUT2D eigenvalue weighted by molar-refractivity contribution is 0.102. The maximum Gasteiger partial charge on any atom is 0.264 e. The Balaban J connectivity index is 1.65. The van der Waals surface area contributed by atoms with Gasteiger partial charge in [0.25, 0.3) is 15.9 Å². The Labute approximate surface area is 191 Å². The van der Waals surface area contributed by atoms with E-state index in [-0.39, 0.29) is 21.9 Å². The molecular weight excluding hydrogens is 467 g/mol. The van der Waals surface area contributed by atoms with Crippen LogP contribution in [0.4, 0.5) is 15.8 Å². The number of sulfone groups is 1. The third-order valence-corrected chi connectivity index (χ3v) is 8.28. The Morgan fingerprint density at radius 2 is 1.67 bits per heavy atom. The number of carbonyl (C=O) groups is 1. The number of benzene rings is 3. The van der Waals surface area contributed by atoms with Crippen LogP contribution in [0.25, 0.3) is 0 Å². The highest BCUT2D eigenvalue weighted by Gasteiger charge is 2.29. The lowest BCUT2D eigenvalue weighted by Gasteiger charge is -2.31. The minimum atomic E-state index is -3.92. The lowest BCUT2D eigenvalue weighted by atomic mass is 10.0. The summed E-state index contributed by atoms with van der Waals surface area (Å²) in [6.07, 6.45) is 2.36. The smallest absolute Gasteiger partial charge is 0.264 e. The van der Waals surface area contributed by atoms with E-state index in [1.54, 1.807) is 18.2 Å². The molecule has 0 saturated heterocycles. The van der Waals surface area contributed by atoms with E-state index in [0.29, 0.717) is 24.2 Å². The number of nitrogens with one attached hydrogen (secondary N) is 1. The SMILES string of the molecule is CS(=O)(=O)c1cccc(C(=O)Nc2ccc3c(c2)N(S(=O)(=O)c2ccc(F)cc2)CCC3)c1. The fraction of sp³-hybridized carbons (Fsp3) is 0.174. The van der Waals surface area contributed by atoms with E-state index in [9.17, 15) is 26.0 Å². The topological polar surface area (TPSA) is 101 Å². The molecule has 0 aromatic heterocycles. The molecule has 3 aromatic carbocycles. The standard InChI is InChI=1S/C23H21FN2O5S2/c1-32(28,29)21-6-2-4-17(14-21)23(27)25-19-10-7-16-5-3-13-26(22(16)15-19)33(30,31)20-11-8-18(24)9-12-20/h2,4,6-12,14-15H,3,5,13H2,1H3,(H,25,27). The van der Waals surface area contributed by atoms with Crippen LogP contribution < -0.4 is 9.62 Å². The van der Waals surface area contributed by atoms with Crippen LogP contribution in [0.3, 0.4) is 0 Å². The van der Waals surface area contributed by atoms with E-state index >= 15 is 0 Å². The van der Waals surface area contributed by atoms with Crippen LogP contribution in [0.15, 0.2) is 76.5 Å². The number of hydrogen-bond acceptors (Lipinski definition) is 5. The van der Waals surface area contributed by atoms with Crippen molar-refractivity contribution in [1.82, 2.24) is 0 Å². The first-order valence-electron chi connectivity index (χ1n) is 10.1. The molecule has 1 heterocycles. The number of nitrogens with zero attached hydrogens (tertiary/aromatic N) is 1. The quantitative estimate of drug-likeness (QED) is 0.591. The highest BCUT2D eigenvalue weighted by Crippen LogP contribution is 2.34. The normalized spacial score (nSPS) is 13.9. The number of anilines is 2. The van der Waals surface area contributed by atoms with E-state index in [1.807, 2.05) is 0 Å². The first-order chi connectivity index (χ1) is 15.6. The molecule has 7 nitrogen and oxygen atoms in total. The second kappa shape index (κ2) is 8.60. The summed E-state index contributed by atoms with van der Waals surface area (Å²) in [6.45, 7) is 0.251. The number of hydrogen-bond donors (Lipinski definition) is 1. The number of aryl methyl sites for hydroxylation is 1. The Hall–Kier alpha value is -3.24. The molecule has 1 aliphatic heterocycles. The maximum atomic E-state index is 13.3. The molecular formula is C23H21FN2O5S2. The van der Waals surface area contributed by atoms with Gasteiger partial charge in [-0.3, -0.25) is 9.10 Å². The van der Waals surface area contributed by atoms with Crippen molar-refractivity contribution in [2.24, 2.45) is 0 Å². The molecule has 1 N–H and O–H groups in total. The van der Waals surface area contributed by atoms with E-state index < -0.39 is 31.6 Å². The number of carbonyl (C=O) groups excluding carboxylic acids is 1. The Bertz CT molecular complexity index is 1440. The zero-order valence-electron chi connectivity index (χ0n) is 17.7. The summed E-state index contributed by atoms with van der Waals surface area (Å²) in [5, 5.41) is 2.70. The van der Waals surface area contributed by atoms with Gasteiger partial charge in [0.1, 0.15) is 5.82 Å². The van der Waals surface area contributed by atoms with Gasteiger partial charge >= 0.3 is 0 Å². The van der Waals surface area contributed by atoms with Crippen LogP contribution in [-0.2, 0) is 26.3 Å². The molecule has 0 spiro atoms. The number of halogens is 1. The second-order valence-electron chi connectivity index (χ2n) is 7.73. The van der Waals surface area contributed by atoms with Crippen molar-refractivity contribution in [1.29, 1.82) is 0 Å². The Kier molecular flexibility index (Phi) is 5.98. The summed E-state index contributed by atoms with van der Waals surface area (Å²) >= 11 is 0. The predicted octanol–water partition coefficient (Wildman–Crippen LogP) is 3.62. The first-order valence-corrected chi connectivity index (χ1v) is 13.4. The third kappa shape index (κ3) is 4.76. The molecule has 1 amide bonds. The van der Waals surface area contributed by atoms with Gasteiger partial charge in [-0.2, -0.15) is 0 Å². The predicted molar refractivity (Wildman–Crippen MR) is 123 cm³/mol. The van der Waals surface area contributed by atoms with Gasteiger partial charge < -0.3 is 5.32 Å². The average Bonchev–Trinajstić information content (AvgIpc) is 2.78. The first kappa shape index (κ1) is 22.9. The summed E-state index contributed by atoms with van der Waals surface area (Å²) in [5.74, 6) is -1.05. The highest BCUT2D eigenvalue weighted by atomic mass is 32.2. The Morgan fingerprint density at radius 3 is 2.36 bits per heavy atom. The largest absolute Gasteiger partial charge is 0.322 e. The number of fused-ring (bicyclic) bond motifs is 1. The van der Waals surface area contributed by atoms with Crippen molar-refractivity contribution in [2.75, 3.05) is 22.4 Å². The van der Waals surface area contributed by atoms with Gasteiger partial charge in [-0.15, -0.1) is 0 Å². The average molecular weight is 489 g/mol. The monoisotopic (exact) mass is 488 g/mol. The summed E-state index contributed by atoms with van der Waals surface area (Å²) in [5.41, 5.74) is 1.77. The summed E-state index contributed by atoms with van der Waals surface area (Å²) in [4.78, 5) is 12.7. The molecule has 33 heavy (non-hydrogen) atoms. The zero-order valence-corrected chi connectivity index (χ0v) is 19.3. The van der Waals surface area contributed by atoms with Crippen LogP contribution in [0.2, 0.25) is 0 Å². The number of sulfonamides is 1. The highest BCUT2D eigenvalue weighted by molar-refractivity contribution is 7.92. The van der Waals surface area contributed by atoms with Crippen LogP contribution in [-0.4, -0.2) is 35.5 Å². The molecule has 0 aliphatic carbocycles. The minimum absolute atomic E-state index is 0.0243. The fourth-order valence-electron chi connectivity index (χ4n) is 3.67. The molecule has 0 bridgehead atoms.